The van der Waals surface area contributed by atoms with Crippen LogP contribution in [-0.4, -0.2) is 63.8 Å². The maximum Gasteiger partial charge on any atom is 0.0844 e. The van der Waals surface area contributed by atoms with E-state index in [0.29, 0.717) is 36.9 Å². The highest BCUT2D eigenvalue weighted by Gasteiger charge is 2.34. The average molecular weight is 459 g/mol. The summed E-state index contributed by atoms with van der Waals surface area (Å²) in [6, 6.07) is 0. The molecule has 27 heavy (non-hydrogen) atoms. The van der Waals surface area contributed by atoms with Crippen molar-refractivity contribution in [3.63, 3.8) is 0 Å². The molecule has 0 aromatic carbocycles. The van der Waals surface area contributed by atoms with Gasteiger partial charge in [-0.1, -0.05) is 6.92 Å². The molecule has 9 heteroatoms. The smallest absolute Gasteiger partial charge is 0.0844 e. The number of hydrogen-bond donors (Lipinski definition) is 0. The first-order chi connectivity index (χ1) is 12.3. The van der Waals surface area contributed by atoms with Crippen LogP contribution in [0.25, 0.3) is 0 Å². The van der Waals surface area contributed by atoms with Gasteiger partial charge in [0.05, 0.1) is 31.0 Å². The Bertz CT molecular complexity index is 536. The lowest BCUT2D eigenvalue weighted by Gasteiger charge is -2.28. The van der Waals surface area contributed by atoms with Crippen molar-refractivity contribution in [3.8, 4) is 0 Å². The molecule has 2 aliphatic rings. The molecule has 2 fully saturated rings. The summed E-state index contributed by atoms with van der Waals surface area (Å²) in [5.74, 6) is 0.728. The van der Waals surface area contributed by atoms with E-state index in [1.165, 1.54) is 0 Å². The molecule has 2 rings (SSSR count). The van der Waals surface area contributed by atoms with Crippen LogP contribution in [0.15, 0.2) is 0 Å². The quantitative estimate of drug-likeness (QED) is 0.428. The monoisotopic (exact) mass is 458 g/mol. The van der Waals surface area contributed by atoms with Crippen molar-refractivity contribution in [2.24, 2.45) is 11.8 Å². The lowest BCUT2D eigenvalue weighted by Crippen LogP contribution is -2.24. The van der Waals surface area contributed by atoms with E-state index in [4.69, 9.17) is 38.3 Å². The molecule has 4 unspecified atom stereocenters. The lowest BCUT2D eigenvalue weighted by atomic mass is 10.0. The molecule has 0 N–H and O–H groups in total. The molecule has 5 nitrogen and oxygen atoms in total. The molecular formula is C18H36O5P2S2-2. The van der Waals surface area contributed by atoms with Crippen molar-refractivity contribution >= 4 is 36.7 Å². The third-order valence-corrected chi connectivity index (χ3v) is 8.16. The summed E-state index contributed by atoms with van der Waals surface area (Å²) in [4.78, 5) is 11.5. The number of rotatable bonds is 7. The zero-order valence-corrected chi connectivity index (χ0v) is 20.9. The number of hydrogen-bond acceptors (Lipinski definition) is 7. The van der Waals surface area contributed by atoms with Gasteiger partial charge in [-0.15, -0.1) is 18.1 Å². The fourth-order valence-electron chi connectivity index (χ4n) is 4.09. The van der Waals surface area contributed by atoms with Crippen molar-refractivity contribution in [1.82, 2.24) is 0 Å². The topological polar surface area (TPSA) is 67.8 Å². The minimum absolute atomic E-state index is 0.0752. The van der Waals surface area contributed by atoms with Gasteiger partial charge in [-0.2, -0.15) is 0 Å². The van der Waals surface area contributed by atoms with Crippen molar-refractivity contribution < 1.29 is 23.7 Å². The Morgan fingerprint density at radius 3 is 2.00 bits per heavy atom. The van der Waals surface area contributed by atoms with Gasteiger partial charge in [-0.3, -0.25) is 0 Å². The van der Waals surface area contributed by atoms with E-state index in [0.717, 1.165) is 19.3 Å². The third kappa shape index (κ3) is 10.6. The van der Waals surface area contributed by atoms with Crippen LogP contribution >= 0.6 is 12.6 Å². The maximum absolute atomic E-state index is 11.5. The van der Waals surface area contributed by atoms with Crippen LogP contribution in [0.4, 0.5) is 0 Å². The first kappa shape index (κ1) is 26.1. The van der Waals surface area contributed by atoms with E-state index in [1.54, 1.807) is 20.4 Å². The summed E-state index contributed by atoms with van der Waals surface area (Å²) in [5.41, 5.74) is 0. The van der Waals surface area contributed by atoms with Crippen LogP contribution in [-0.2, 0) is 42.8 Å². The molecule has 0 spiro atoms. The van der Waals surface area contributed by atoms with Gasteiger partial charge < -0.3 is 35.9 Å². The molecule has 0 amide bonds. The summed E-state index contributed by atoms with van der Waals surface area (Å²) >= 11 is 9.92. The molecule has 0 aromatic heterocycles. The second-order valence-electron chi connectivity index (χ2n) is 8.22. The van der Waals surface area contributed by atoms with Gasteiger partial charge in [0, 0.05) is 7.11 Å². The predicted octanol–water partition coefficient (Wildman–Crippen LogP) is 3.46. The summed E-state index contributed by atoms with van der Waals surface area (Å²) in [6.45, 7) is 10.1. The van der Waals surface area contributed by atoms with Gasteiger partial charge in [-0.25, -0.2) is 0 Å². The Hall–Kier alpha value is 1.07. The Labute approximate surface area is 175 Å². The Morgan fingerprint density at radius 2 is 1.59 bits per heavy atom. The van der Waals surface area contributed by atoms with Gasteiger partial charge in [0.25, 0.3) is 0 Å². The van der Waals surface area contributed by atoms with Crippen LogP contribution in [0.5, 0.6) is 0 Å². The standard InChI is InChI=1S/C9H19O3PS.C9H19O2PS/c1-7-4-8(6-13(3,10)14)9(12-7)5-11-2;1-4-9-8(5-7(2)11-9)6-12(3,10)13/h7-9H,4-6H2,1-3H3,(H,10,14);7-9H,4-6H2,1-3H3,(H,10,13)/p-2/t7-,8?,9+,13?;7-,8?,9+,12?/m00/s1. The van der Waals surface area contributed by atoms with Crippen LogP contribution in [0.2, 0.25) is 0 Å². The summed E-state index contributed by atoms with van der Waals surface area (Å²) in [5, 5.41) is 0. The molecule has 0 aliphatic carbocycles. The minimum atomic E-state index is -2.35. The first-order valence-electron chi connectivity index (χ1n) is 9.69. The highest BCUT2D eigenvalue weighted by atomic mass is 32.7. The van der Waals surface area contributed by atoms with Gasteiger partial charge in [0.1, 0.15) is 0 Å². The predicted molar refractivity (Wildman–Crippen MR) is 118 cm³/mol. The van der Waals surface area contributed by atoms with E-state index in [2.05, 4.69) is 13.8 Å². The lowest BCUT2D eigenvalue weighted by molar-refractivity contribution is -0.160. The number of ether oxygens (including phenoxy) is 3. The van der Waals surface area contributed by atoms with Crippen molar-refractivity contribution in [2.45, 2.75) is 64.4 Å². The van der Waals surface area contributed by atoms with E-state index in [-0.39, 0.29) is 18.3 Å². The zero-order chi connectivity index (χ0) is 20.8. The minimum Gasteiger partial charge on any atom is -0.821 e. The van der Waals surface area contributed by atoms with E-state index < -0.39 is 12.6 Å². The van der Waals surface area contributed by atoms with Crippen molar-refractivity contribution in [1.29, 1.82) is 0 Å². The summed E-state index contributed by atoms with van der Waals surface area (Å²) in [6.07, 6.45) is 0.511. The summed E-state index contributed by atoms with van der Waals surface area (Å²) < 4.78 is 28.0. The molecule has 2 aliphatic heterocycles. The van der Waals surface area contributed by atoms with Crippen molar-refractivity contribution in [2.75, 3.05) is 39.4 Å². The van der Waals surface area contributed by atoms with Gasteiger partial charge in [0.2, 0.25) is 0 Å². The normalized spacial score (nSPS) is 37.9. The highest BCUT2D eigenvalue weighted by molar-refractivity contribution is 8.36. The zero-order valence-electron chi connectivity index (χ0n) is 17.5. The second-order valence-corrected chi connectivity index (χ2v) is 17.6. The molecule has 0 bridgehead atoms. The molecular weight excluding hydrogens is 422 g/mol. The van der Waals surface area contributed by atoms with Crippen molar-refractivity contribution in [3.05, 3.63) is 0 Å². The van der Waals surface area contributed by atoms with Crippen LogP contribution < -0.4 is 4.89 Å². The fraction of sp³-hybridized carbons (Fsp3) is 1.00. The molecule has 2 saturated heterocycles. The van der Waals surface area contributed by atoms with Crippen LogP contribution in [0.3, 0.4) is 0 Å². The second kappa shape index (κ2) is 11.5. The first-order valence-corrected chi connectivity index (χ1v) is 16.4. The highest BCUT2D eigenvalue weighted by Crippen LogP contribution is 2.44. The summed E-state index contributed by atoms with van der Waals surface area (Å²) in [7, 11) is 1.66. The van der Waals surface area contributed by atoms with E-state index >= 15 is 0 Å². The molecule has 0 radical (unpaired) electrons. The molecule has 162 valence electrons. The van der Waals surface area contributed by atoms with Crippen LogP contribution in [0, 0.1) is 11.8 Å². The Morgan fingerprint density at radius 1 is 1.11 bits per heavy atom. The van der Waals surface area contributed by atoms with E-state index in [1.807, 2.05) is 6.92 Å². The molecule has 0 aromatic rings. The fourth-order valence-corrected chi connectivity index (χ4v) is 7.71. The van der Waals surface area contributed by atoms with E-state index in [9.17, 15) is 9.46 Å². The molecule has 2 heterocycles. The number of methoxy groups -OCH3 is 1. The Kier molecular flexibility index (Phi) is 11.1. The van der Waals surface area contributed by atoms with Gasteiger partial charge in [0.15, 0.2) is 0 Å². The SMILES string of the molecule is CC[C@H]1O[C@@H](C)CC1CP(C)([O-])=S.COC[C@H]1O[C@@H](C)CC1CP(C)(=O)[S-]. The largest absolute Gasteiger partial charge is 0.821 e. The van der Waals surface area contributed by atoms with Gasteiger partial charge >= 0.3 is 0 Å². The maximum atomic E-state index is 11.5. The van der Waals surface area contributed by atoms with Crippen LogP contribution in [0.1, 0.15) is 40.0 Å². The third-order valence-electron chi connectivity index (χ3n) is 5.00. The Balaban J connectivity index is 0.000000271. The molecule has 0 saturated carbocycles. The average Bonchev–Trinajstić information content (AvgIpc) is 2.99. The molecule has 8 atom stereocenters. The van der Waals surface area contributed by atoms with Gasteiger partial charge in [-0.05, 0) is 76.9 Å².